The minimum absolute atomic E-state index is 0.999. The first-order valence-electron chi connectivity index (χ1n) is 26.0. The zero-order chi connectivity index (χ0) is 38.1. The van der Waals surface area contributed by atoms with Crippen LogP contribution in [0.1, 0.15) is 322 Å². The van der Waals surface area contributed by atoms with Gasteiger partial charge in [0.15, 0.2) is 0 Å². The molecular weight excluding hydrogens is 641 g/mol. The summed E-state index contributed by atoms with van der Waals surface area (Å²) >= 11 is 0. The minimum atomic E-state index is 0.999. The zero-order valence-electron chi connectivity index (χ0n) is 37.8. The summed E-state index contributed by atoms with van der Waals surface area (Å²) in [5, 5.41) is 0. The van der Waals surface area contributed by atoms with Crippen molar-refractivity contribution in [3.05, 3.63) is 0 Å². The maximum atomic E-state index is 5.93. The highest BCUT2D eigenvalue weighted by molar-refractivity contribution is 4.54. The fraction of sp³-hybridized carbons (Fsp3) is 1.00. The maximum Gasteiger partial charge on any atom is 0.0466 e. The molecule has 1 nitrogen and oxygen atoms in total. The molecule has 0 aromatic heterocycles. The van der Waals surface area contributed by atoms with E-state index in [0.717, 1.165) is 13.2 Å². The molecule has 0 rings (SSSR count). The van der Waals surface area contributed by atoms with Crippen LogP contribution in [0.15, 0.2) is 0 Å². The standard InChI is InChI=1S/C52H106O/c1-3-5-7-9-11-13-15-17-19-21-23-25-27-28-29-30-32-34-36-38-40-42-44-46-48-50-52-53-51-49-47-45-43-41-39-37-35-33-31-26-24-22-20-18-16-14-12-10-8-6-4-2/h3-52H2,1-2H3. The number of unbranched alkanes of at least 4 members (excludes halogenated alkanes) is 46. The summed E-state index contributed by atoms with van der Waals surface area (Å²) in [6.45, 7) is 6.62. The van der Waals surface area contributed by atoms with Crippen LogP contribution >= 0.6 is 0 Å². The predicted molar refractivity (Wildman–Crippen MR) is 244 cm³/mol. The van der Waals surface area contributed by atoms with Crippen molar-refractivity contribution in [3.63, 3.8) is 0 Å². The Labute approximate surface area is 338 Å². The van der Waals surface area contributed by atoms with Crippen LogP contribution in [-0.4, -0.2) is 13.2 Å². The summed E-state index contributed by atoms with van der Waals surface area (Å²) in [6.07, 6.45) is 70.0. The third-order valence-corrected chi connectivity index (χ3v) is 12.3. The van der Waals surface area contributed by atoms with Crippen molar-refractivity contribution < 1.29 is 4.74 Å². The fourth-order valence-electron chi connectivity index (χ4n) is 8.43. The normalized spacial score (nSPS) is 11.7. The Morgan fingerprint density at radius 1 is 0.151 bits per heavy atom. The van der Waals surface area contributed by atoms with Gasteiger partial charge in [-0.1, -0.05) is 309 Å². The first kappa shape index (κ1) is 53.0. The molecule has 0 aliphatic heterocycles. The van der Waals surface area contributed by atoms with Crippen LogP contribution in [0.3, 0.4) is 0 Å². The first-order valence-corrected chi connectivity index (χ1v) is 26.0. The molecule has 320 valence electrons. The Morgan fingerprint density at radius 2 is 0.264 bits per heavy atom. The lowest BCUT2D eigenvalue weighted by atomic mass is 10.0. The van der Waals surface area contributed by atoms with Gasteiger partial charge in [0.1, 0.15) is 0 Å². The number of hydrogen-bond donors (Lipinski definition) is 0. The van der Waals surface area contributed by atoms with Crippen LogP contribution in [0.25, 0.3) is 0 Å². The number of ether oxygens (including phenoxy) is 1. The smallest absolute Gasteiger partial charge is 0.0466 e. The summed E-state index contributed by atoms with van der Waals surface area (Å²) in [5.74, 6) is 0. The van der Waals surface area contributed by atoms with Gasteiger partial charge >= 0.3 is 0 Å². The van der Waals surface area contributed by atoms with E-state index in [4.69, 9.17) is 4.74 Å². The molecule has 0 N–H and O–H groups in total. The molecule has 0 spiro atoms. The van der Waals surface area contributed by atoms with Crippen LogP contribution in [0.4, 0.5) is 0 Å². The molecule has 53 heavy (non-hydrogen) atoms. The van der Waals surface area contributed by atoms with E-state index < -0.39 is 0 Å². The SMILES string of the molecule is CCCCCCCCCCCCCCCCCCCCCCCCCCCCOCCCCCCCCCCCCCCCCCCCCCCCC. The van der Waals surface area contributed by atoms with E-state index in [0.29, 0.717) is 0 Å². The number of rotatable bonds is 50. The maximum absolute atomic E-state index is 5.93. The lowest BCUT2D eigenvalue weighted by molar-refractivity contribution is 0.125. The van der Waals surface area contributed by atoms with Gasteiger partial charge in [0.2, 0.25) is 0 Å². The van der Waals surface area contributed by atoms with Crippen molar-refractivity contribution in [1.29, 1.82) is 0 Å². The van der Waals surface area contributed by atoms with Crippen LogP contribution in [0, 0.1) is 0 Å². The van der Waals surface area contributed by atoms with E-state index in [9.17, 15) is 0 Å². The monoisotopic (exact) mass is 747 g/mol. The van der Waals surface area contributed by atoms with Gasteiger partial charge in [-0.2, -0.15) is 0 Å². The zero-order valence-corrected chi connectivity index (χ0v) is 37.8. The molecule has 0 saturated heterocycles. The molecule has 0 heterocycles. The largest absolute Gasteiger partial charge is 0.381 e. The Kier molecular flexibility index (Phi) is 51.9. The number of hydrogen-bond acceptors (Lipinski definition) is 1. The molecule has 0 amide bonds. The van der Waals surface area contributed by atoms with Crippen LogP contribution in [0.5, 0.6) is 0 Å². The summed E-state index contributed by atoms with van der Waals surface area (Å²) < 4.78 is 5.93. The average molecular weight is 747 g/mol. The van der Waals surface area contributed by atoms with Crippen LogP contribution in [0.2, 0.25) is 0 Å². The van der Waals surface area contributed by atoms with Crippen molar-refractivity contribution in [1.82, 2.24) is 0 Å². The summed E-state index contributed by atoms with van der Waals surface area (Å²) in [4.78, 5) is 0. The van der Waals surface area contributed by atoms with Gasteiger partial charge in [-0.15, -0.1) is 0 Å². The molecule has 0 radical (unpaired) electrons. The van der Waals surface area contributed by atoms with E-state index in [1.807, 2.05) is 0 Å². The van der Waals surface area contributed by atoms with Crippen molar-refractivity contribution in [2.45, 2.75) is 322 Å². The lowest BCUT2D eigenvalue weighted by Crippen LogP contribution is -1.97. The van der Waals surface area contributed by atoms with Gasteiger partial charge < -0.3 is 4.74 Å². The average Bonchev–Trinajstić information content (AvgIpc) is 3.17. The first-order chi connectivity index (χ1) is 26.4. The van der Waals surface area contributed by atoms with Crippen LogP contribution < -0.4 is 0 Å². The van der Waals surface area contributed by atoms with E-state index in [1.165, 1.54) is 308 Å². The molecule has 0 aromatic rings. The molecule has 0 aliphatic carbocycles. The minimum Gasteiger partial charge on any atom is -0.381 e. The topological polar surface area (TPSA) is 9.23 Å². The summed E-state index contributed by atoms with van der Waals surface area (Å²) in [6, 6.07) is 0. The molecule has 1 heteroatoms. The Bertz CT molecular complexity index is 536. The summed E-state index contributed by atoms with van der Waals surface area (Å²) in [5.41, 5.74) is 0. The van der Waals surface area contributed by atoms with Gasteiger partial charge in [-0.3, -0.25) is 0 Å². The Hall–Kier alpha value is -0.0400. The molecule has 0 bridgehead atoms. The van der Waals surface area contributed by atoms with Crippen molar-refractivity contribution in [3.8, 4) is 0 Å². The molecule has 0 aliphatic rings. The fourth-order valence-corrected chi connectivity index (χ4v) is 8.43. The predicted octanol–water partition coefficient (Wildman–Crippen LogP) is 19.8. The van der Waals surface area contributed by atoms with Crippen molar-refractivity contribution in [2.24, 2.45) is 0 Å². The van der Waals surface area contributed by atoms with E-state index in [2.05, 4.69) is 13.8 Å². The van der Waals surface area contributed by atoms with E-state index >= 15 is 0 Å². The van der Waals surface area contributed by atoms with Crippen molar-refractivity contribution >= 4 is 0 Å². The lowest BCUT2D eigenvalue weighted by Gasteiger charge is -2.06. The highest BCUT2D eigenvalue weighted by Crippen LogP contribution is 2.18. The molecular formula is C52H106O. The van der Waals surface area contributed by atoms with Crippen LogP contribution in [-0.2, 0) is 4.74 Å². The molecule has 0 atom stereocenters. The third-order valence-electron chi connectivity index (χ3n) is 12.3. The second-order valence-corrected chi connectivity index (χ2v) is 17.9. The highest BCUT2D eigenvalue weighted by Gasteiger charge is 1.99. The summed E-state index contributed by atoms with van der Waals surface area (Å²) in [7, 11) is 0. The second-order valence-electron chi connectivity index (χ2n) is 17.9. The molecule has 0 fully saturated rings. The highest BCUT2D eigenvalue weighted by atomic mass is 16.5. The second kappa shape index (κ2) is 52.0. The molecule has 0 unspecified atom stereocenters. The van der Waals surface area contributed by atoms with Gasteiger partial charge in [0, 0.05) is 13.2 Å². The molecule has 0 aromatic carbocycles. The van der Waals surface area contributed by atoms with Gasteiger partial charge in [0.25, 0.3) is 0 Å². The van der Waals surface area contributed by atoms with Crippen molar-refractivity contribution in [2.75, 3.05) is 13.2 Å². The quantitative estimate of drug-likeness (QED) is 0.0563. The van der Waals surface area contributed by atoms with E-state index in [-0.39, 0.29) is 0 Å². The molecule has 0 saturated carbocycles. The van der Waals surface area contributed by atoms with Gasteiger partial charge in [-0.05, 0) is 12.8 Å². The Balaban J connectivity index is 3.05. The Morgan fingerprint density at radius 3 is 0.396 bits per heavy atom. The van der Waals surface area contributed by atoms with Gasteiger partial charge in [0.05, 0.1) is 0 Å². The third kappa shape index (κ3) is 52.0. The van der Waals surface area contributed by atoms with Gasteiger partial charge in [-0.25, -0.2) is 0 Å². The van der Waals surface area contributed by atoms with E-state index in [1.54, 1.807) is 0 Å².